The first-order valence-corrected chi connectivity index (χ1v) is 12.0. The van der Waals surface area contributed by atoms with Crippen molar-refractivity contribution in [3.05, 3.63) is 29.3 Å². The Morgan fingerprint density at radius 2 is 1.96 bits per heavy atom. The van der Waals surface area contributed by atoms with E-state index in [9.17, 15) is 4.79 Å². The first-order valence-electron chi connectivity index (χ1n) is 8.29. The zero-order valence-corrected chi connectivity index (χ0v) is 16.7. The maximum absolute atomic E-state index is 12.2. The largest absolute Gasteiger partial charge is 0.497 e. The molecule has 0 radical (unpaired) electrons. The molecule has 0 N–H and O–H groups in total. The SMILES string of the molecule is CCOC(=O)[C@H](OCOCC[Si](C)(C)C)c1ccc(OC)cc1C. The molecule has 0 spiro atoms. The standard InChI is InChI=1S/C18H30O5Si/c1-7-22-18(19)17(23-13-21-10-11-24(4,5)6)16-9-8-15(20-3)12-14(16)2/h8-9,12,17H,7,10-11,13H2,1-6H3/t17-/m1/s1. The predicted molar refractivity (Wildman–Crippen MR) is 97.2 cm³/mol. The molecular formula is C18H30O5Si. The van der Waals surface area contributed by atoms with Crippen LogP contribution >= 0.6 is 0 Å². The van der Waals surface area contributed by atoms with E-state index in [0.717, 1.165) is 22.9 Å². The number of hydrogen-bond donors (Lipinski definition) is 0. The molecule has 5 nitrogen and oxygen atoms in total. The normalized spacial score (nSPS) is 12.8. The molecule has 0 aliphatic rings. The van der Waals surface area contributed by atoms with Gasteiger partial charge in [0.15, 0.2) is 6.10 Å². The molecule has 0 amide bonds. The van der Waals surface area contributed by atoms with Crippen LogP contribution < -0.4 is 4.74 Å². The third kappa shape index (κ3) is 7.03. The van der Waals surface area contributed by atoms with Gasteiger partial charge in [0.2, 0.25) is 0 Å². The van der Waals surface area contributed by atoms with E-state index >= 15 is 0 Å². The monoisotopic (exact) mass is 354 g/mol. The van der Waals surface area contributed by atoms with E-state index in [1.807, 2.05) is 25.1 Å². The molecular weight excluding hydrogens is 324 g/mol. The topological polar surface area (TPSA) is 54.0 Å². The third-order valence-electron chi connectivity index (χ3n) is 3.57. The molecule has 0 aromatic heterocycles. The highest BCUT2D eigenvalue weighted by Gasteiger charge is 2.25. The quantitative estimate of drug-likeness (QED) is 0.276. The zero-order chi connectivity index (χ0) is 18.2. The number of carbonyl (C=O) groups is 1. The number of rotatable bonds is 10. The van der Waals surface area contributed by atoms with Crippen molar-refractivity contribution in [1.82, 2.24) is 0 Å². The van der Waals surface area contributed by atoms with Gasteiger partial charge in [-0.05, 0) is 43.2 Å². The first kappa shape index (κ1) is 20.7. The van der Waals surface area contributed by atoms with Gasteiger partial charge in [0.1, 0.15) is 12.5 Å². The highest BCUT2D eigenvalue weighted by molar-refractivity contribution is 6.76. The lowest BCUT2D eigenvalue weighted by Crippen LogP contribution is -2.24. The lowest BCUT2D eigenvalue weighted by atomic mass is 10.0. The molecule has 1 aromatic carbocycles. The fourth-order valence-corrected chi connectivity index (χ4v) is 2.88. The Balaban J connectivity index is 2.73. The Kier molecular flexibility index (Phi) is 8.45. The fraction of sp³-hybridized carbons (Fsp3) is 0.611. The van der Waals surface area contributed by atoms with Crippen LogP contribution in [0.15, 0.2) is 18.2 Å². The van der Waals surface area contributed by atoms with Gasteiger partial charge in [-0.2, -0.15) is 0 Å². The van der Waals surface area contributed by atoms with Crippen molar-refractivity contribution in [2.45, 2.75) is 45.6 Å². The average molecular weight is 355 g/mol. The molecule has 0 unspecified atom stereocenters. The second kappa shape index (κ2) is 9.81. The molecule has 136 valence electrons. The highest BCUT2D eigenvalue weighted by atomic mass is 28.3. The number of ether oxygens (including phenoxy) is 4. The van der Waals surface area contributed by atoms with Crippen LogP contribution in [-0.2, 0) is 19.0 Å². The molecule has 0 saturated heterocycles. The summed E-state index contributed by atoms with van der Waals surface area (Å²) in [5.74, 6) is 0.338. The second-order valence-corrected chi connectivity index (χ2v) is 12.5. The van der Waals surface area contributed by atoms with E-state index in [0.29, 0.717) is 13.2 Å². The van der Waals surface area contributed by atoms with E-state index in [4.69, 9.17) is 18.9 Å². The summed E-state index contributed by atoms with van der Waals surface area (Å²) in [4.78, 5) is 12.2. The van der Waals surface area contributed by atoms with Gasteiger partial charge in [0.25, 0.3) is 0 Å². The minimum Gasteiger partial charge on any atom is -0.497 e. The van der Waals surface area contributed by atoms with Crippen molar-refractivity contribution in [2.24, 2.45) is 0 Å². The maximum Gasteiger partial charge on any atom is 0.340 e. The Morgan fingerprint density at radius 1 is 1.25 bits per heavy atom. The maximum atomic E-state index is 12.2. The van der Waals surface area contributed by atoms with Crippen molar-refractivity contribution in [2.75, 3.05) is 27.1 Å². The number of esters is 1. The van der Waals surface area contributed by atoms with E-state index in [-0.39, 0.29) is 6.79 Å². The van der Waals surface area contributed by atoms with Gasteiger partial charge >= 0.3 is 5.97 Å². The summed E-state index contributed by atoms with van der Waals surface area (Å²) in [5, 5.41) is 0. The van der Waals surface area contributed by atoms with Crippen LogP contribution in [0.3, 0.4) is 0 Å². The summed E-state index contributed by atoms with van der Waals surface area (Å²) >= 11 is 0. The van der Waals surface area contributed by atoms with E-state index in [1.54, 1.807) is 14.0 Å². The summed E-state index contributed by atoms with van der Waals surface area (Å²) in [5.41, 5.74) is 1.68. The van der Waals surface area contributed by atoms with Crippen molar-refractivity contribution in [3.63, 3.8) is 0 Å². The minimum absolute atomic E-state index is 0.0689. The van der Waals surface area contributed by atoms with Gasteiger partial charge in [-0.25, -0.2) is 4.79 Å². The number of carbonyl (C=O) groups excluding carboxylic acids is 1. The van der Waals surface area contributed by atoms with Crippen molar-refractivity contribution in [3.8, 4) is 5.75 Å². The minimum atomic E-state index is -1.14. The van der Waals surface area contributed by atoms with Crippen molar-refractivity contribution < 1.29 is 23.7 Å². The average Bonchev–Trinajstić information content (AvgIpc) is 2.50. The first-order chi connectivity index (χ1) is 11.3. The molecule has 0 fully saturated rings. The summed E-state index contributed by atoms with van der Waals surface area (Å²) in [6.07, 6.45) is -0.789. The number of methoxy groups -OCH3 is 1. The molecule has 1 aromatic rings. The molecule has 0 saturated carbocycles. The molecule has 0 bridgehead atoms. The van der Waals surface area contributed by atoms with Gasteiger partial charge in [0, 0.05) is 14.7 Å². The molecule has 1 atom stereocenters. The molecule has 0 aliphatic heterocycles. The van der Waals surface area contributed by atoms with Gasteiger partial charge in [-0.3, -0.25) is 0 Å². The number of aryl methyl sites for hydroxylation is 1. The Hall–Kier alpha value is -1.37. The Labute approximate surface area is 146 Å². The van der Waals surface area contributed by atoms with Crippen LogP contribution in [0.4, 0.5) is 0 Å². The molecule has 24 heavy (non-hydrogen) atoms. The molecule has 0 heterocycles. The van der Waals surface area contributed by atoms with Crippen LogP contribution in [0.5, 0.6) is 5.75 Å². The molecule has 0 aliphatic carbocycles. The summed E-state index contributed by atoms with van der Waals surface area (Å²) in [7, 11) is 0.473. The lowest BCUT2D eigenvalue weighted by molar-refractivity contribution is -0.167. The predicted octanol–water partition coefficient (Wildman–Crippen LogP) is 3.94. The molecule has 1 rings (SSSR count). The van der Waals surface area contributed by atoms with Crippen LogP contribution in [-0.4, -0.2) is 41.2 Å². The lowest BCUT2D eigenvalue weighted by Gasteiger charge is -2.20. The third-order valence-corrected chi connectivity index (χ3v) is 5.28. The van der Waals surface area contributed by atoms with Gasteiger partial charge in [-0.15, -0.1) is 0 Å². The van der Waals surface area contributed by atoms with Crippen molar-refractivity contribution >= 4 is 14.0 Å². The van der Waals surface area contributed by atoms with Gasteiger partial charge < -0.3 is 18.9 Å². The molecule has 6 heteroatoms. The Bertz CT molecular complexity index is 525. The van der Waals surface area contributed by atoms with Gasteiger partial charge in [0.05, 0.1) is 13.7 Å². The van der Waals surface area contributed by atoms with Crippen molar-refractivity contribution in [1.29, 1.82) is 0 Å². The van der Waals surface area contributed by atoms with E-state index in [2.05, 4.69) is 19.6 Å². The van der Waals surface area contributed by atoms with Gasteiger partial charge in [-0.1, -0.05) is 25.7 Å². The summed E-state index contributed by atoms with van der Waals surface area (Å²) < 4.78 is 21.6. The zero-order valence-electron chi connectivity index (χ0n) is 15.7. The van der Waals surface area contributed by atoms with Crippen LogP contribution in [0.25, 0.3) is 0 Å². The highest BCUT2D eigenvalue weighted by Crippen LogP contribution is 2.26. The van der Waals surface area contributed by atoms with Crippen LogP contribution in [0.2, 0.25) is 25.7 Å². The summed E-state index contributed by atoms with van der Waals surface area (Å²) in [6, 6.07) is 6.57. The number of hydrogen-bond acceptors (Lipinski definition) is 5. The Morgan fingerprint density at radius 3 is 2.50 bits per heavy atom. The second-order valence-electron chi connectivity index (χ2n) is 6.86. The van der Waals surface area contributed by atoms with Crippen LogP contribution in [0, 0.1) is 6.92 Å². The number of benzene rings is 1. The fourth-order valence-electron chi connectivity index (χ4n) is 2.13. The van der Waals surface area contributed by atoms with Crippen LogP contribution in [0.1, 0.15) is 24.2 Å². The summed E-state index contributed by atoms with van der Waals surface area (Å²) in [6.45, 7) is 11.6. The van der Waals surface area contributed by atoms with E-state index in [1.165, 1.54) is 0 Å². The van der Waals surface area contributed by atoms with E-state index < -0.39 is 20.1 Å². The smallest absolute Gasteiger partial charge is 0.340 e.